The minimum absolute atomic E-state index is 0.000313. The number of thioether (sulfide) groups is 1. The molecule has 4 aromatic rings. The molecule has 0 amide bonds. The van der Waals surface area contributed by atoms with Gasteiger partial charge in [-0.05, 0) is 19.1 Å². The highest BCUT2D eigenvalue weighted by molar-refractivity contribution is 7.99. The van der Waals surface area contributed by atoms with E-state index >= 15 is 0 Å². The molecule has 4 rings (SSSR count). The van der Waals surface area contributed by atoms with E-state index in [2.05, 4.69) is 57.6 Å². The first-order valence-corrected chi connectivity index (χ1v) is 9.36. The lowest BCUT2D eigenvalue weighted by Gasteiger charge is -2.11. The van der Waals surface area contributed by atoms with Gasteiger partial charge in [0.15, 0.2) is 11.0 Å². The Morgan fingerprint density at radius 3 is 2.75 bits per heavy atom. The lowest BCUT2D eigenvalue weighted by Crippen LogP contribution is -2.13. The van der Waals surface area contributed by atoms with Crippen molar-refractivity contribution in [1.29, 1.82) is 0 Å². The highest BCUT2D eigenvalue weighted by Crippen LogP contribution is 2.36. The maximum atomic E-state index is 5.45. The summed E-state index contributed by atoms with van der Waals surface area (Å²) in [4.78, 5) is 5.43. The van der Waals surface area contributed by atoms with Crippen molar-refractivity contribution in [3.8, 4) is 0 Å². The van der Waals surface area contributed by atoms with Gasteiger partial charge in [0, 0.05) is 5.41 Å². The van der Waals surface area contributed by atoms with Crippen LogP contribution in [0, 0.1) is 0 Å². The zero-order chi connectivity index (χ0) is 16.9. The third-order valence-corrected chi connectivity index (χ3v) is 5.70. The summed E-state index contributed by atoms with van der Waals surface area (Å²) in [6.07, 6.45) is 0. The van der Waals surface area contributed by atoms with Crippen molar-refractivity contribution in [3.63, 3.8) is 0 Å². The summed E-state index contributed by atoms with van der Waals surface area (Å²) in [7, 11) is 0. The SMILES string of the molecule is CC(Sc1nnc2sc3ccccc3n12)c1nc(C(C)(C)C)no1. The average Bonchev–Trinajstić information content (AvgIpc) is 3.21. The number of benzene rings is 1. The van der Waals surface area contributed by atoms with E-state index in [4.69, 9.17) is 4.52 Å². The summed E-state index contributed by atoms with van der Waals surface area (Å²) in [6.45, 7) is 8.25. The van der Waals surface area contributed by atoms with Crippen LogP contribution in [-0.2, 0) is 5.41 Å². The van der Waals surface area contributed by atoms with Gasteiger partial charge >= 0.3 is 0 Å². The molecular formula is C16H17N5OS2. The van der Waals surface area contributed by atoms with E-state index in [0.717, 1.165) is 21.5 Å². The minimum atomic E-state index is -0.127. The molecule has 0 saturated carbocycles. The Morgan fingerprint density at radius 2 is 2.00 bits per heavy atom. The number of nitrogens with zero attached hydrogens (tertiary/aromatic N) is 5. The molecule has 0 aliphatic rings. The zero-order valence-electron chi connectivity index (χ0n) is 13.8. The summed E-state index contributed by atoms with van der Waals surface area (Å²) in [5.74, 6) is 1.33. The molecule has 1 atom stereocenters. The van der Waals surface area contributed by atoms with E-state index in [9.17, 15) is 0 Å². The fourth-order valence-electron chi connectivity index (χ4n) is 2.35. The predicted molar refractivity (Wildman–Crippen MR) is 95.6 cm³/mol. The van der Waals surface area contributed by atoms with Crippen LogP contribution in [0.2, 0.25) is 0 Å². The zero-order valence-corrected chi connectivity index (χ0v) is 15.5. The van der Waals surface area contributed by atoms with Gasteiger partial charge < -0.3 is 4.52 Å². The molecule has 0 radical (unpaired) electrons. The summed E-state index contributed by atoms with van der Waals surface area (Å²) >= 11 is 3.21. The Morgan fingerprint density at radius 1 is 1.21 bits per heavy atom. The summed E-state index contributed by atoms with van der Waals surface area (Å²) in [5.41, 5.74) is 0.996. The van der Waals surface area contributed by atoms with Crippen molar-refractivity contribution in [3.05, 3.63) is 36.0 Å². The predicted octanol–water partition coefficient (Wildman–Crippen LogP) is 4.48. The van der Waals surface area contributed by atoms with Crippen molar-refractivity contribution in [2.45, 2.75) is 43.5 Å². The van der Waals surface area contributed by atoms with Crippen LogP contribution in [0.25, 0.3) is 15.2 Å². The van der Waals surface area contributed by atoms with Crippen LogP contribution in [0.3, 0.4) is 0 Å². The molecule has 0 spiro atoms. The first-order valence-electron chi connectivity index (χ1n) is 7.67. The monoisotopic (exact) mass is 359 g/mol. The largest absolute Gasteiger partial charge is 0.338 e. The Labute approximate surface area is 147 Å². The van der Waals surface area contributed by atoms with Gasteiger partial charge in [-0.25, -0.2) is 0 Å². The third kappa shape index (κ3) is 2.59. The van der Waals surface area contributed by atoms with Crippen molar-refractivity contribution >= 4 is 38.3 Å². The van der Waals surface area contributed by atoms with Crippen molar-refractivity contribution in [1.82, 2.24) is 24.7 Å². The van der Waals surface area contributed by atoms with Gasteiger partial charge in [0.2, 0.25) is 10.9 Å². The number of para-hydroxylation sites is 1. The van der Waals surface area contributed by atoms with Gasteiger partial charge in [-0.1, -0.05) is 61.2 Å². The van der Waals surface area contributed by atoms with E-state index in [0.29, 0.717) is 5.89 Å². The normalized spacial score (nSPS) is 13.8. The van der Waals surface area contributed by atoms with Crippen LogP contribution in [0.4, 0.5) is 0 Å². The minimum Gasteiger partial charge on any atom is -0.338 e. The Kier molecular flexibility index (Phi) is 3.61. The van der Waals surface area contributed by atoms with Gasteiger partial charge in [0.05, 0.1) is 15.5 Å². The molecular weight excluding hydrogens is 342 g/mol. The second-order valence-electron chi connectivity index (χ2n) is 6.64. The molecule has 0 aliphatic heterocycles. The molecule has 0 fully saturated rings. The van der Waals surface area contributed by atoms with Crippen molar-refractivity contribution < 1.29 is 4.52 Å². The molecule has 1 aromatic carbocycles. The number of hydrogen-bond acceptors (Lipinski definition) is 7. The lowest BCUT2D eigenvalue weighted by atomic mass is 9.96. The Bertz CT molecular complexity index is 1010. The molecule has 0 saturated heterocycles. The highest BCUT2D eigenvalue weighted by Gasteiger charge is 2.25. The number of hydrogen-bond donors (Lipinski definition) is 0. The summed E-state index contributed by atoms with van der Waals surface area (Å²) in [6, 6.07) is 8.25. The van der Waals surface area contributed by atoms with Crippen LogP contribution in [0.5, 0.6) is 0 Å². The number of thiazole rings is 1. The molecule has 24 heavy (non-hydrogen) atoms. The van der Waals surface area contributed by atoms with Gasteiger partial charge in [-0.3, -0.25) is 4.40 Å². The van der Waals surface area contributed by atoms with E-state index in [1.54, 1.807) is 23.1 Å². The van der Waals surface area contributed by atoms with Crippen LogP contribution in [0.15, 0.2) is 33.9 Å². The smallest absolute Gasteiger partial charge is 0.239 e. The standard InChI is InChI=1S/C16H17N5OS2/c1-9(12-17-13(20-22-12)16(2,3)4)23-14-18-19-15-21(14)10-7-5-6-8-11(10)24-15/h5-9H,1-4H3. The quantitative estimate of drug-likeness (QED) is 0.502. The third-order valence-electron chi connectivity index (χ3n) is 3.65. The molecule has 1 unspecified atom stereocenters. The van der Waals surface area contributed by atoms with Gasteiger partial charge in [0.25, 0.3) is 0 Å². The Hall–Kier alpha value is -1.93. The van der Waals surface area contributed by atoms with Gasteiger partial charge in [-0.2, -0.15) is 4.98 Å². The molecule has 0 bridgehead atoms. The first-order chi connectivity index (χ1) is 11.4. The van der Waals surface area contributed by atoms with Crippen LogP contribution in [-0.4, -0.2) is 24.7 Å². The molecule has 8 heteroatoms. The highest BCUT2D eigenvalue weighted by atomic mass is 32.2. The molecule has 0 aliphatic carbocycles. The molecule has 6 nitrogen and oxygen atoms in total. The first kappa shape index (κ1) is 15.6. The number of fused-ring (bicyclic) bond motifs is 3. The Balaban J connectivity index is 1.67. The maximum Gasteiger partial charge on any atom is 0.239 e. The van der Waals surface area contributed by atoms with E-state index < -0.39 is 0 Å². The van der Waals surface area contributed by atoms with Gasteiger partial charge in [0.1, 0.15) is 0 Å². The topological polar surface area (TPSA) is 69.1 Å². The number of aromatic nitrogens is 5. The van der Waals surface area contributed by atoms with Crippen LogP contribution >= 0.6 is 23.1 Å². The van der Waals surface area contributed by atoms with E-state index in [-0.39, 0.29) is 10.7 Å². The van der Waals surface area contributed by atoms with E-state index in [1.807, 2.05) is 19.1 Å². The lowest BCUT2D eigenvalue weighted by molar-refractivity contribution is 0.364. The summed E-state index contributed by atoms with van der Waals surface area (Å²) in [5, 5.41) is 13.6. The summed E-state index contributed by atoms with van der Waals surface area (Å²) < 4.78 is 8.73. The fraction of sp³-hybridized carbons (Fsp3) is 0.375. The van der Waals surface area contributed by atoms with Crippen LogP contribution < -0.4 is 0 Å². The second kappa shape index (κ2) is 5.56. The maximum absolute atomic E-state index is 5.45. The fourth-order valence-corrected chi connectivity index (χ4v) is 4.26. The van der Waals surface area contributed by atoms with Crippen molar-refractivity contribution in [2.24, 2.45) is 0 Å². The van der Waals surface area contributed by atoms with E-state index in [1.165, 1.54) is 4.70 Å². The second-order valence-corrected chi connectivity index (χ2v) is 8.95. The molecule has 0 N–H and O–H groups in total. The molecule has 124 valence electrons. The van der Waals surface area contributed by atoms with Gasteiger partial charge in [-0.15, -0.1) is 10.2 Å². The molecule has 3 heterocycles. The average molecular weight is 359 g/mol. The van der Waals surface area contributed by atoms with Crippen LogP contribution in [0.1, 0.15) is 44.7 Å². The number of rotatable bonds is 3. The van der Waals surface area contributed by atoms with Crippen molar-refractivity contribution in [2.75, 3.05) is 0 Å². The molecule has 3 aromatic heterocycles.